The van der Waals surface area contributed by atoms with Crippen molar-refractivity contribution in [2.24, 2.45) is 0 Å². The molecule has 3 aromatic heterocycles. The van der Waals surface area contributed by atoms with Crippen LogP contribution >= 0.6 is 0 Å². The largest absolute Gasteiger partial charge is 0.415 e. The van der Waals surface area contributed by atoms with Gasteiger partial charge in [-0.3, -0.25) is 0 Å². The molecule has 1 aromatic carbocycles. The van der Waals surface area contributed by atoms with E-state index < -0.39 is 29.8 Å². The maximum Gasteiger partial charge on any atom is 0.314 e. The van der Waals surface area contributed by atoms with Crippen molar-refractivity contribution in [2.45, 2.75) is 13.0 Å². The highest BCUT2D eigenvalue weighted by Crippen LogP contribution is 2.27. The summed E-state index contributed by atoms with van der Waals surface area (Å²) in [5.41, 5.74) is 6.15. The van der Waals surface area contributed by atoms with Crippen molar-refractivity contribution in [1.29, 1.82) is 0 Å². The fourth-order valence-electron chi connectivity index (χ4n) is 2.54. The maximum absolute atomic E-state index is 14.5. The van der Waals surface area contributed by atoms with E-state index in [0.717, 1.165) is 12.1 Å². The number of nitrogen functional groups attached to an aromatic ring is 1. The van der Waals surface area contributed by atoms with Gasteiger partial charge in [0.05, 0.1) is 12.7 Å². The normalized spacial score (nSPS) is 11.3. The summed E-state index contributed by atoms with van der Waals surface area (Å²) in [6.45, 7) is -0.251. The fourth-order valence-corrected chi connectivity index (χ4v) is 2.54. The Morgan fingerprint density at radius 2 is 1.79 bits per heavy atom. The number of rotatable bonds is 5. The van der Waals surface area contributed by atoms with E-state index in [0.29, 0.717) is 17.1 Å². The highest BCUT2D eigenvalue weighted by molar-refractivity contribution is 5.58. The Labute approximate surface area is 160 Å². The number of hydrogen-bond donors (Lipinski definition) is 1. The summed E-state index contributed by atoms with van der Waals surface area (Å²) in [4.78, 5) is 3.94. The smallest absolute Gasteiger partial charge is 0.314 e. The molecule has 0 radical (unpaired) electrons. The van der Waals surface area contributed by atoms with Crippen LogP contribution in [0.2, 0.25) is 0 Å². The first-order chi connectivity index (χ1) is 13.9. The van der Waals surface area contributed by atoms with E-state index >= 15 is 0 Å². The van der Waals surface area contributed by atoms with Crippen LogP contribution < -0.4 is 5.73 Å². The van der Waals surface area contributed by atoms with Gasteiger partial charge >= 0.3 is 6.43 Å². The van der Waals surface area contributed by atoms with Gasteiger partial charge in [-0.2, -0.15) is 8.78 Å². The minimum Gasteiger partial charge on any atom is -0.415 e. The van der Waals surface area contributed by atoms with Crippen molar-refractivity contribution in [3.05, 3.63) is 59.7 Å². The second kappa shape index (κ2) is 7.30. The zero-order chi connectivity index (χ0) is 20.5. The van der Waals surface area contributed by atoms with Crippen LogP contribution in [-0.2, 0) is 6.54 Å². The van der Waals surface area contributed by atoms with E-state index in [9.17, 15) is 17.6 Å². The molecule has 148 valence electrons. The van der Waals surface area contributed by atoms with E-state index in [-0.39, 0.29) is 17.7 Å². The molecule has 0 atom stereocenters. The zero-order valence-electron chi connectivity index (χ0n) is 14.4. The average molecular weight is 405 g/mol. The molecule has 0 bridgehead atoms. The van der Waals surface area contributed by atoms with Crippen LogP contribution in [-0.4, -0.2) is 30.2 Å². The maximum atomic E-state index is 14.5. The number of benzene rings is 1. The van der Waals surface area contributed by atoms with Crippen LogP contribution in [0.15, 0.2) is 41.1 Å². The predicted molar refractivity (Wildman–Crippen MR) is 91.4 cm³/mol. The highest BCUT2D eigenvalue weighted by Gasteiger charge is 2.20. The van der Waals surface area contributed by atoms with E-state index in [1.807, 2.05) is 0 Å². The summed E-state index contributed by atoms with van der Waals surface area (Å²) in [7, 11) is 0. The third-order valence-corrected chi connectivity index (χ3v) is 3.96. The molecule has 0 aliphatic heterocycles. The fraction of sp³-hybridized carbons (Fsp3) is 0.118. The first kappa shape index (κ1) is 18.5. The summed E-state index contributed by atoms with van der Waals surface area (Å²) in [5.74, 6) is -2.86. The molecule has 2 N–H and O–H groups in total. The monoisotopic (exact) mass is 405 g/mol. The molecule has 3 heterocycles. The van der Waals surface area contributed by atoms with E-state index in [2.05, 4.69) is 25.5 Å². The molecule has 0 aliphatic rings. The molecule has 29 heavy (non-hydrogen) atoms. The number of hydrogen-bond acceptors (Lipinski definition) is 7. The Balaban J connectivity index is 1.58. The number of anilines is 1. The lowest BCUT2D eigenvalue weighted by Gasteiger charge is -2.06. The van der Waals surface area contributed by atoms with Crippen molar-refractivity contribution in [2.75, 3.05) is 5.73 Å². The van der Waals surface area contributed by atoms with Gasteiger partial charge in [0.2, 0.25) is 5.89 Å². The van der Waals surface area contributed by atoms with Crippen LogP contribution in [0.25, 0.3) is 22.7 Å². The summed E-state index contributed by atoms with van der Waals surface area (Å²) in [5, 5.41) is 14.3. The van der Waals surface area contributed by atoms with Crippen LogP contribution in [0, 0.1) is 11.6 Å². The van der Waals surface area contributed by atoms with Gasteiger partial charge in [-0.1, -0.05) is 5.21 Å². The van der Waals surface area contributed by atoms with Gasteiger partial charge in [0.1, 0.15) is 23.1 Å². The Hall–Kier alpha value is -3.83. The molecular weight excluding hydrogens is 394 g/mol. The molecule has 0 unspecified atom stereocenters. The molecule has 0 fully saturated rings. The minimum atomic E-state index is -2.98. The standard InChI is InChI=1S/C17H11F4N7O/c18-11-3-9(16-25-26-17(29-16)15(20)21)4-12(19)10(11)6-28-7-13(24-27-28)8-1-2-14(22)23-5-8/h1-5,7,15H,6H2,(H2,22,23). The zero-order valence-corrected chi connectivity index (χ0v) is 14.4. The summed E-state index contributed by atoms with van der Waals surface area (Å²) >= 11 is 0. The van der Waals surface area contributed by atoms with Crippen LogP contribution in [0.4, 0.5) is 23.4 Å². The van der Waals surface area contributed by atoms with Crippen LogP contribution in [0.3, 0.4) is 0 Å². The van der Waals surface area contributed by atoms with E-state index in [1.165, 1.54) is 17.1 Å². The Kier molecular flexibility index (Phi) is 4.66. The molecule has 12 heteroatoms. The molecule has 0 aliphatic carbocycles. The summed E-state index contributed by atoms with van der Waals surface area (Å²) in [6, 6.07) is 5.11. The van der Waals surface area contributed by atoms with Crippen molar-refractivity contribution in [3.63, 3.8) is 0 Å². The molecule has 0 amide bonds. The number of halogens is 4. The van der Waals surface area contributed by atoms with Crippen molar-refractivity contribution >= 4 is 5.82 Å². The lowest BCUT2D eigenvalue weighted by atomic mass is 10.1. The van der Waals surface area contributed by atoms with Crippen LogP contribution in [0.1, 0.15) is 17.9 Å². The predicted octanol–water partition coefficient (Wildman–Crippen LogP) is 3.24. The number of nitrogens with two attached hydrogens (primary N) is 1. The lowest BCUT2D eigenvalue weighted by Crippen LogP contribution is -2.06. The second-order valence-electron chi connectivity index (χ2n) is 5.94. The number of nitrogens with zero attached hydrogens (tertiary/aromatic N) is 6. The molecule has 0 saturated heterocycles. The summed E-state index contributed by atoms with van der Waals surface area (Å²) in [6.07, 6.45) is 0.00734. The lowest BCUT2D eigenvalue weighted by molar-refractivity contribution is 0.116. The molecule has 0 spiro atoms. The Bertz CT molecular complexity index is 1130. The number of aromatic nitrogens is 6. The van der Waals surface area contributed by atoms with Crippen molar-refractivity contribution < 1.29 is 22.0 Å². The Morgan fingerprint density at radius 3 is 2.41 bits per heavy atom. The average Bonchev–Trinajstić information content (AvgIpc) is 3.35. The second-order valence-corrected chi connectivity index (χ2v) is 5.94. The van der Waals surface area contributed by atoms with Crippen LogP contribution in [0.5, 0.6) is 0 Å². The minimum absolute atomic E-state index is 0.157. The van der Waals surface area contributed by atoms with E-state index in [1.54, 1.807) is 12.1 Å². The SMILES string of the molecule is Nc1ccc(-c2cn(Cc3c(F)cc(-c4nnc(C(F)F)o4)cc3F)nn2)cn1. The third kappa shape index (κ3) is 3.77. The topological polar surface area (TPSA) is 109 Å². The first-order valence-corrected chi connectivity index (χ1v) is 8.12. The van der Waals surface area contributed by atoms with Gasteiger partial charge in [0, 0.05) is 22.9 Å². The van der Waals surface area contributed by atoms with Gasteiger partial charge in [-0.25, -0.2) is 18.4 Å². The van der Waals surface area contributed by atoms with E-state index in [4.69, 9.17) is 10.2 Å². The molecule has 8 nitrogen and oxygen atoms in total. The van der Waals surface area contributed by atoms with Gasteiger partial charge in [0.15, 0.2) is 0 Å². The third-order valence-electron chi connectivity index (χ3n) is 3.96. The molecular formula is C17H11F4N7O. The van der Waals surface area contributed by atoms with Gasteiger partial charge in [-0.05, 0) is 24.3 Å². The molecule has 0 saturated carbocycles. The van der Waals surface area contributed by atoms with Gasteiger partial charge in [-0.15, -0.1) is 15.3 Å². The first-order valence-electron chi connectivity index (χ1n) is 8.12. The van der Waals surface area contributed by atoms with Gasteiger partial charge in [0.25, 0.3) is 5.89 Å². The number of pyridine rings is 1. The summed E-state index contributed by atoms with van der Waals surface area (Å²) < 4.78 is 59.9. The highest BCUT2D eigenvalue weighted by atomic mass is 19.3. The number of alkyl halides is 2. The van der Waals surface area contributed by atoms with Crippen molar-refractivity contribution in [1.82, 2.24) is 30.2 Å². The molecule has 4 rings (SSSR count). The van der Waals surface area contributed by atoms with Crippen molar-refractivity contribution in [3.8, 4) is 22.7 Å². The molecule has 4 aromatic rings. The Morgan fingerprint density at radius 1 is 1.03 bits per heavy atom. The quantitative estimate of drug-likeness (QED) is 0.508. The van der Waals surface area contributed by atoms with Gasteiger partial charge < -0.3 is 10.2 Å².